The van der Waals surface area contributed by atoms with Crippen molar-refractivity contribution in [3.8, 4) is 6.07 Å². The second-order valence-corrected chi connectivity index (χ2v) is 8.42. The zero-order valence-corrected chi connectivity index (χ0v) is 15.8. The molecule has 0 spiro atoms. The number of anilines is 1. The molecule has 0 aliphatic carbocycles. The van der Waals surface area contributed by atoms with Crippen LogP contribution in [0.25, 0.3) is 0 Å². The van der Waals surface area contributed by atoms with Crippen LogP contribution in [0.5, 0.6) is 0 Å². The number of sulfonamides is 1. The number of carbonyl (C=O) groups excluding carboxylic acids is 1. The molecule has 2 aliphatic heterocycles. The maximum Gasteiger partial charge on any atom is 0.285 e. The summed E-state index contributed by atoms with van der Waals surface area (Å²) in [4.78, 5) is 14.8. The van der Waals surface area contributed by atoms with Crippen molar-refractivity contribution in [1.29, 1.82) is 5.26 Å². The first-order valence-electron chi connectivity index (χ1n) is 8.98. The van der Waals surface area contributed by atoms with Crippen LogP contribution in [-0.4, -0.2) is 38.2 Å². The molecule has 1 amide bonds. The molecule has 0 bridgehead atoms. The first-order valence-corrected chi connectivity index (χ1v) is 10.4. The van der Waals surface area contributed by atoms with E-state index >= 15 is 0 Å². The number of hydrogen-bond acceptors (Lipinski definition) is 5. The van der Waals surface area contributed by atoms with Gasteiger partial charge in [-0.25, -0.2) is 0 Å². The fraction of sp³-hybridized carbons (Fsp3) is 0.250. The van der Waals surface area contributed by atoms with Crippen molar-refractivity contribution >= 4 is 27.5 Å². The Morgan fingerprint density at radius 3 is 2.68 bits per heavy atom. The van der Waals surface area contributed by atoms with Crippen LogP contribution >= 0.6 is 0 Å². The number of likely N-dealkylation sites (tertiary alicyclic amines) is 1. The summed E-state index contributed by atoms with van der Waals surface area (Å²) in [5.74, 6) is 0.0261. The highest BCUT2D eigenvalue weighted by atomic mass is 32.2. The number of nitrogens with zero attached hydrogens (tertiary/aromatic N) is 3. The summed E-state index contributed by atoms with van der Waals surface area (Å²) < 4.78 is 28.6. The summed E-state index contributed by atoms with van der Waals surface area (Å²) in [5.41, 5.74) is 1.75. The molecule has 1 fully saturated rings. The molecule has 28 heavy (non-hydrogen) atoms. The van der Waals surface area contributed by atoms with Gasteiger partial charge in [0.05, 0.1) is 17.6 Å². The van der Waals surface area contributed by atoms with Gasteiger partial charge < -0.3 is 10.2 Å². The minimum Gasteiger partial charge on any atom is -0.355 e. The molecule has 0 unspecified atom stereocenters. The van der Waals surface area contributed by atoms with E-state index in [1.54, 1.807) is 48.5 Å². The molecular weight excluding hydrogens is 376 g/mol. The summed E-state index contributed by atoms with van der Waals surface area (Å²) in [6.45, 7) is 1.06. The van der Waals surface area contributed by atoms with Crippen LogP contribution in [0, 0.1) is 17.2 Å². The van der Waals surface area contributed by atoms with Gasteiger partial charge in [0.15, 0.2) is 5.84 Å². The predicted octanol–water partition coefficient (Wildman–Crippen LogP) is 2.36. The number of piperidine rings is 1. The van der Waals surface area contributed by atoms with E-state index in [1.807, 2.05) is 11.0 Å². The van der Waals surface area contributed by atoms with Gasteiger partial charge >= 0.3 is 0 Å². The van der Waals surface area contributed by atoms with Crippen LogP contribution < -0.4 is 5.32 Å². The average molecular weight is 394 g/mol. The van der Waals surface area contributed by atoms with E-state index in [2.05, 4.69) is 9.71 Å². The lowest BCUT2D eigenvalue weighted by atomic mass is 9.96. The Hall–Kier alpha value is -3.18. The van der Waals surface area contributed by atoms with Gasteiger partial charge in [-0.1, -0.05) is 12.1 Å². The third-order valence-electron chi connectivity index (χ3n) is 4.99. The normalized spacial score (nSPS) is 20.0. The number of amides is 1. The second-order valence-electron chi connectivity index (χ2n) is 6.85. The molecule has 4 rings (SSSR count). The lowest BCUT2D eigenvalue weighted by Gasteiger charge is -2.33. The first kappa shape index (κ1) is 18.2. The van der Waals surface area contributed by atoms with E-state index < -0.39 is 10.0 Å². The Morgan fingerprint density at radius 1 is 1.18 bits per heavy atom. The second kappa shape index (κ2) is 7.09. The Bertz CT molecular complexity index is 1100. The number of carbonyl (C=O) groups is 1. The number of benzene rings is 2. The largest absolute Gasteiger partial charge is 0.355 e. The number of rotatable bonds is 2. The van der Waals surface area contributed by atoms with Crippen molar-refractivity contribution in [3.63, 3.8) is 0 Å². The molecule has 2 aromatic carbocycles. The molecule has 142 valence electrons. The van der Waals surface area contributed by atoms with Gasteiger partial charge in [0.2, 0.25) is 5.91 Å². The third kappa shape index (κ3) is 3.37. The summed E-state index contributed by atoms with van der Waals surface area (Å²) >= 11 is 0. The standard InChI is InChI=1S/C20H18N4O3S/c21-12-14-7-9-16(10-8-14)22-20(25)15-4-3-11-24(13-15)19-17-5-1-2-6-18(17)28(26,27)23-19/h1-2,5-10,15H,3-4,11,13H2,(H,22,25)/t15-/m0/s1. The van der Waals surface area contributed by atoms with E-state index in [4.69, 9.17) is 5.26 Å². The summed E-state index contributed by atoms with van der Waals surface area (Å²) in [6.07, 6.45) is 1.49. The molecule has 0 aromatic heterocycles. The number of amidine groups is 1. The van der Waals surface area contributed by atoms with E-state index in [9.17, 15) is 13.2 Å². The van der Waals surface area contributed by atoms with Crippen LogP contribution in [0.15, 0.2) is 57.8 Å². The van der Waals surface area contributed by atoms with Crippen molar-refractivity contribution in [2.75, 3.05) is 18.4 Å². The van der Waals surface area contributed by atoms with Gasteiger partial charge in [-0.3, -0.25) is 4.79 Å². The van der Waals surface area contributed by atoms with E-state index in [0.717, 1.165) is 12.8 Å². The SMILES string of the molecule is N#Cc1ccc(NC(=O)[C@H]2CCCN(C3=NS(=O)(=O)c4ccccc43)C2)cc1. The summed E-state index contributed by atoms with van der Waals surface area (Å²) in [5, 5.41) is 11.7. The minimum absolute atomic E-state index is 0.121. The van der Waals surface area contributed by atoms with Crippen molar-refractivity contribution in [2.45, 2.75) is 17.7 Å². The maximum atomic E-state index is 12.7. The summed E-state index contributed by atoms with van der Waals surface area (Å²) in [6, 6.07) is 15.5. The zero-order chi connectivity index (χ0) is 19.7. The molecule has 0 radical (unpaired) electrons. The van der Waals surface area contributed by atoms with E-state index in [0.29, 0.717) is 35.7 Å². The van der Waals surface area contributed by atoms with Crippen molar-refractivity contribution in [1.82, 2.24) is 4.90 Å². The fourth-order valence-electron chi connectivity index (χ4n) is 3.57. The molecular formula is C20H18N4O3S. The van der Waals surface area contributed by atoms with E-state index in [-0.39, 0.29) is 16.7 Å². The number of nitriles is 1. The van der Waals surface area contributed by atoms with Gasteiger partial charge in [-0.05, 0) is 49.2 Å². The quantitative estimate of drug-likeness (QED) is 0.842. The topological polar surface area (TPSA) is 103 Å². The molecule has 7 nitrogen and oxygen atoms in total. The molecule has 2 aliphatic rings. The first-order chi connectivity index (χ1) is 13.5. The lowest BCUT2D eigenvalue weighted by Crippen LogP contribution is -2.43. The van der Waals surface area contributed by atoms with Crippen LogP contribution in [0.1, 0.15) is 24.0 Å². The van der Waals surface area contributed by atoms with Gasteiger partial charge in [-0.2, -0.15) is 13.7 Å². The van der Waals surface area contributed by atoms with Crippen molar-refractivity contribution in [2.24, 2.45) is 10.3 Å². The summed E-state index contributed by atoms with van der Waals surface area (Å²) in [7, 11) is -3.68. The van der Waals surface area contributed by atoms with Crippen LogP contribution in [-0.2, 0) is 14.8 Å². The molecule has 1 N–H and O–H groups in total. The number of nitrogens with one attached hydrogen (secondary N) is 1. The van der Waals surface area contributed by atoms with Gasteiger partial charge in [-0.15, -0.1) is 4.40 Å². The maximum absolute atomic E-state index is 12.7. The van der Waals surface area contributed by atoms with Crippen LogP contribution in [0.2, 0.25) is 0 Å². The van der Waals surface area contributed by atoms with Gasteiger partial charge in [0.1, 0.15) is 4.90 Å². The Labute approximate surface area is 163 Å². The molecule has 1 atom stereocenters. The molecule has 2 aromatic rings. The predicted molar refractivity (Wildman–Crippen MR) is 104 cm³/mol. The fourth-order valence-corrected chi connectivity index (χ4v) is 4.80. The molecule has 8 heteroatoms. The van der Waals surface area contributed by atoms with Crippen molar-refractivity contribution < 1.29 is 13.2 Å². The highest BCUT2D eigenvalue weighted by molar-refractivity contribution is 7.90. The van der Waals surface area contributed by atoms with Crippen LogP contribution in [0.3, 0.4) is 0 Å². The van der Waals surface area contributed by atoms with E-state index in [1.165, 1.54) is 0 Å². The Kier molecular flexibility index (Phi) is 4.61. The highest BCUT2D eigenvalue weighted by Crippen LogP contribution is 2.30. The average Bonchev–Trinajstić information content (AvgIpc) is 3.00. The molecule has 1 saturated heterocycles. The Morgan fingerprint density at radius 2 is 1.93 bits per heavy atom. The molecule has 2 heterocycles. The number of fused-ring (bicyclic) bond motifs is 1. The van der Waals surface area contributed by atoms with Gasteiger partial charge in [0, 0.05) is 24.3 Å². The minimum atomic E-state index is -3.68. The smallest absolute Gasteiger partial charge is 0.285 e. The van der Waals surface area contributed by atoms with Gasteiger partial charge in [0.25, 0.3) is 10.0 Å². The highest BCUT2D eigenvalue weighted by Gasteiger charge is 2.35. The monoisotopic (exact) mass is 394 g/mol. The lowest BCUT2D eigenvalue weighted by molar-refractivity contribution is -0.121. The Balaban J connectivity index is 1.50. The van der Waals surface area contributed by atoms with Crippen molar-refractivity contribution in [3.05, 3.63) is 59.7 Å². The molecule has 0 saturated carbocycles. The third-order valence-corrected chi connectivity index (χ3v) is 6.31. The van der Waals surface area contributed by atoms with Crippen LogP contribution in [0.4, 0.5) is 5.69 Å². The number of hydrogen-bond donors (Lipinski definition) is 1. The zero-order valence-electron chi connectivity index (χ0n) is 15.0.